The Labute approximate surface area is 267 Å². The molecular weight excluding hydrogens is 660 g/mol. The summed E-state index contributed by atoms with van der Waals surface area (Å²) in [6.07, 6.45) is -12.4. The van der Waals surface area contributed by atoms with Gasteiger partial charge in [-0.25, -0.2) is 13.8 Å². The lowest BCUT2D eigenvalue weighted by Gasteiger charge is -2.22. The minimum absolute atomic E-state index is 0.0688. The van der Waals surface area contributed by atoms with E-state index in [-0.39, 0.29) is 34.9 Å². The zero-order chi connectivity index (χ0) is 35.6. The van der Waals surface area contributed by atoms with E-state index in [0.29, 0.717) is 0 Å². The Morgan fingerprint density at radius 1 is 0.938 bits per heavy atom. The van der Waals surface area contributed by atoms with Crippen LogP contribution in [0.15, 0.2) is 48.5 Å². The van der Waals surface area contributed by atoms with Crippen molar-refractivity contribution in [3.05, 3.63) is 70.8 Å². The normalized spacial score (nSPS) is 12.4. The average molecular weight is 689 g/mol. The van der Waals surface area contributed by atoms with Crippen LogP contribution in [-0.4, -0.2) is 52.1 Å². The molecule has 2 amide bonds. The van der Waals surface area contributed by atoms with E-state index in [4.69, 9.17) is 9.47 Å². The second kappa shape index (κ2) is 13.6. The molecule has 4 aromatic rings. The van der Waals surface area contributed by atoms with Crippen molar-refractivity contribution in [2.45, 2.75) is 44.8 Å². The molecule has 258 valence electrons. The molecule has 0 spiro atoms. The van der Waals surface area contributed by atoms with Gasteiger partial charge in [-0.05, 0) is 61.9 Å². The zero-order valence-corrected chi connectivity index (χ0v) is 25.6. The van der Waals surface area contributed by atoms with Crippen molar-refractivity contribution in [2.24, 2.45) is 7.05 Å². The highest BCUT2D eigenvalue weighted by atomic mass is 19.4. The van der Waals surface area contributed by atoms with Crippen LogP contribution in [-0.2, 0) is 35.5 Å². The number of pyridine rings is 1. The molecule has 0 aliphatic rings. The van der Waals surface area contributed by atoms with E-state index < -0.39 is 71.1 Å². The summed E-state index contributed by atoms with van der Waals surface area (Å²) >= 11 is 0. The van der Waals surface area contributed by atoms with Gasteiger partial charge >= 0.3 is 12.4 Å². The third-order valence-corrected chi connectivity index (χ3v) is 7.02. The van der Waals surface area contributed by atoms with E-state index >= 15 is 0 Å². The maximum atomic E-state index is 14.0. The molecule has 2 aromatic carbocycles. The van der Waals surface area contributed by atoms with Crippen LogP contribution >= 0.6 is 0 Å². The van der Waals surface area contributed by atoms with Crippen molar-refractivity contribution in [3.8, 4) is 5.88 Å². The molecule has 2 heterocycles. The van der Waals surface area contributed by atoms with Gasteiger partial charge < -0.3 is 25.4 Å². The molecule has 4 rings (SSSR count). The first-order valence-electron chi connectivity index (χ1n) is 13.9. The number of aromatic nitrogens is 3. The fourth-order valence-electron chi connectivity index (χ4n) is 4.22. The van der Waals surface area contributed by atoms with Crippen LogP contribution in [0.1, 0.15) is 40.9 Å². The number of methoxy groups -OCH3 is 1. The maximum absolute atomic E-state index is 14.0. The molecule has 0 aliphatic heterocycles. The van der Waals surface area contributed by atoms with Gasteiger partial charge in [-0.1, -0.05) is 6.07 Å². The minimum atomic E-state index is -4.81. The number of amides is 2. The highest BCUT2D eigenvalue weighted by Crippen LogP contribution is 2.37. The summed E-state index contributed by atoms with van der Waals surface area (Å²) in [6.45, 7) is 1.69. The van der Waals surface area contributed by atoms with Gasteiger partial charge in [0.1, 0.15) is 16.7 Å². The summed E-state index contributed by atoms with van der Waals surface area (Å²) in [5, 5.41) is 7.49. The fourth-order valence-corrected chi connectivity index (χ4v) is 4.22. The predicted molar refractivity (Wildman–Crippen MR) is 157 cm³/mol. The lowest BCUT2D eigenvalue weighted by Crippen LogP contribution is -2.43. The van der Waals surface area contributed by atoms with Crippen molar-refractivity contribution >= 4 is 40.3 Å². The fraction of sp³-hybridized carbons (Fsp3) is 0.333. The smallest absolute Gasteiger partial charge is 0.418 e. The Kier molecular flexibility index (Phi) is 10.2. The number of imidazole rings is 1. The van der Waals surface area contributed by atoms with E-state index in [0.717, 1.165) is 42.5 Å². The Morgan fingerprint density at radius 3 is 2.19 bits per heavy atom. The molecule has 3 N–H and O–H groups in total. The summed E-state index contributed by atoms with van der Waals surface area (Å²) in [5.74, 6) is -2.30. The molecule has 18 heteroatoms. The summed E-state index contributed by atoms with van der Waals surface area (Å²) in [5.41, 5.74) is -4.06. The lowest BCUT2D eigenvalue weighted by atomic mass is 10.1. The molecule has 0 fully saturated rings. The van der Waals surface area contributed by atoms with Crippen LogP contribution in [0.3, 0.4) is 0 Å². The van der Waals surface area contributed by atoms with E-state index in [1.54, 1.807) is 0 Å². The number of hydrogen-bond acceptors (Lipinski definition) is 7. The summed E-state index contributed by atoms with van der Waals surface area (Å²) in [7, 11) is 2.68. The number of carbonyl (C=O) groups excluding carboxylic acids is 2. The zero-order valence-electron chi connectivity index (χ0n) is 25.6. The number of halogens is 8. The molecule has 2 aromatic heterocycles. The number of hydrogen-bond donors (Lipinski definition) is 3. The van der Waals surface area contributed by atoms with Crippen molar-refractivity contribution in [1.29, 1.82) is 0 Å². The van der Waals surface area contributed by atoms with Gasteiger partial charge in [-0.3, -0.25) is 14.2 Å². The topological polar surface area (TPSA) is 119 Å². The minimum Gasteiger partial charge on any atom is -0.471 e. The van der Waals surface area contributed by atoms with Gasteiger partial charge in [-0.2, -0.15) is 31.3 Å². The van der Waals surface area contributed by atoms with Gasteiger partial charge in [0.15, 0.2) is 12.3 Å². The van der Waals surface area contributed by atoms with Gasteiger partial charge in [0.05, 0.1) is 16.8 Å². The summed E-state index contributed by atoms with van der Waals surface area (Å²) in [4.78, 5) is 33.8. The molecule has 0 unspecified atom stereocenters. The number of nitrogens with one attached hydrogen (secondary N) is 3. The van der Waals surface area contributed by atoms with Gasteiger partial charge in [0.25, 0.3) is 18.2 Å². The number of aryl methyl sites for hydroxylation is 1. The van der Waals surface area contributed by atoms with Crippen LogP contribution in [0.25, 0.3) is 11.2 Å². The number of carbonyl (C=O) groups is 2. The highest BCUT2D eigenvalue weighted by Gasteiger charge is 2.35. The van der Waals surface area contributed by atoms with Crippen LogP contribution in [0.4, 0.5) is 52.4 Å². The molecule has 0 radical (unpaired) electrons. The number of ether oxygens (including phenoxy) is 2. The van der Waals surface area contributed by atoms with Crippen LogP contribution < -0.4 is 20.7 Å². The Balaban J connectivity index is 1.69. The average Bonchev–Trinajstić information content (AvgIpc) is 3.30. The van der Waals surface area contributed by atoms with E-state index in [2.05, 4.69) is 25.9 Å². The van der Waals surface area contributed by atoms with E-state index in [1.807, 2.05) is 0 Å². The first-order valence-corrected chi connectivity index (χ1v) is 13.9. The van der Waals surface area contributed by atoms with Crippen LogP contribution in [0, 0.1) is 0 Å². The maximum Gasteiger partial charge on any atom is 0.418 e. The molecule has 48 heavy (non-hydrogen) atoms. The number of nitrogens with zero attached hydrogens (tertiary/aromatic N) is 3. The summed E-state index contributed by atoms with van der Waals surface area (Å²) < 4.78 is 118. The quantitative estimate of drug-likeness (QED) is 0.150. The second-order valence-corrected chi connectivity index (χ2v) is 10.8. The second-order valence-electron chi connectivity index (χ2n) is 10.8. The van der Waals surface area contributed by atoms with Crippen LogP contribution in [0.2, 0.25) is 0 Å². The largest absolute Gasteiger partial charge is 0.471 e. The molecule has 0 aliphatic carbocycles. The third kappa shape index (κ3) is 8.28. The highest BCUT2D eigenvalue weighted by molar-refractivity contribution is 6.07. The monoisotopic (exact) mass is 688 g/mol. The molecule has 0 bridgehead atoms. The number of fused-ring (bicyclic) bond motifs is 1. The molecular formula is C30H28F8N6O4. The van der Waals surface area contributed by atoms with Gasteiger partial charge in [0.2, 0.25) is 11.8 Å². The van der Waals surface area contributed by atoms with E-state index in [9.17, 15) is 44.7 Å². The van der Waals surface area contributed by atoms with Crippen molar-refractivity contribution in [2.75, 3.05) is 24.4 Å². The number of alkyl halides is 8. The Morgan fingerprint density at radius 2 is 1.60 bits per heavy atom. The number of rotatable bonds is 11. The molecule has 0 atom stereocenters. The van der Waals surface area contributed by atoms with Gasteiger partial charge in [0, 0.05) is 26.4 Å². The Hall–Kier alpha value is -5.00. The van der Waals surface area contributed by atoms with Gasteiger partial charge in [-0.15, -0.1) is 0 Å². The van der Waals surface area contributed by atoms with Crippen molar-refractivity contribution in [1.82, 2.24) is 19.9 Å². The molecule has 0 saturated heterocycles. The van der Waals surface area contributed by atoms with Crippen molar-refractivity contribution in [3.63, 3.8) is 0 Å². The third-order valence-electron chi connectivity index (χ3n) is 7.02. The van der Waals surface area contributed by atoms with Crippen LogP contribution in [0.5, 0.6) is 5.88 Å². The molecule has 10 nitrogen and oxygen atoms in total. The Bertz CT molecular complexity index is 1800. The number of benzene rings is 2. The van der Waals surface area contributed by atoms with Crippen molar-refractivity contribution < 1.29 is 54.2 Å². The predicted octanol–water partition coefficient (Wildman–Crippen LogP) is 6.69. The van der Waals surface area contributed by atoms with E-state index in [1.165, 1.54) is 38.6 Å². The summed E-state index contributed by atoms with van der Waals surface area (Å²) in [6, 6.07) is 7.63. The lowest BCUT2D eigenvalue weighted by molar-refractivity contribution is -0.140. The SMILES string of the molecule is COC(C)(C)C(=O)NCc1ccc(C(F)(F)F)c(Nc2nc3cc(C(=O)Nc4ccc(C(F)(F)F)cc4)c(OCC(F)F)nc3n2C)c1. The standard InChI is InChI=1S/C30H28F8N6O4/c1-28(2,47-4)26(46)39-13-15-5-10-19(30(36,37)38)20(11-15)41-27-42-21-12-18(25(48-14-22(31)32)43-23(21)44(27)3)24(45)40-17-8-6-16(7-9-17)29(33,34)35/h5-12,22H,13-14H2,1-4H3,(H,39,46)(H,40,45)(H,41,42). The number of anilines is 3. The first kappa shape index (κ1) is 35.8. The first-order chi connectivity index (χ1) is 22.3. The molecule has 0 saturated carbocycles.